The van der Waals surface area contributed by atoms with E-state index < -0.39 is 66.7 Å². The molecule has 0 spiro atoms. The number of carbonyl (C=O) groups excluding carboxylic acids is 2. The zero-order valence-electron chi connectivity index (χ0n) is 32.2. The number of ether oxygens (including phenoxy) is 4. The summed E-state index contributed by atoms with van der Waals surface area (Å²) in [6.45, 7) is 13.1. The number of hydrogen-bond donors (Lipinski definition) is 5. The lowest BCUT2D eigenvalue weighted by Gasteiger charge is -2.71. The van der Waals surface area contributed by atoms with Gasteiger partial charge < -0.3 is 49.3 Å². The maximum atomic E-state index is 13.4. The molecule has 7 rings (SSSR count). The summed E-state index contributed by atoms with van der Waals surface area (Å²) in [7, 11) is 0. The number of aliphatic hydroxyl groups is 4. The largest absolute Gasteiger partial charge is 0.479 e. The molecular weight excluding hydrogens is 684 g/mol. The van der Waals surface area contributed by atoms with Crippen molar-refractivity contribution in [3.05, 3.63) is 11.6 Å². The number of ketones is 1. The Kier molecular flexibility index (Phi) is 10.2. The first kappa shape index (κ1) is 39.5. The minimum Gasteiger partial charge on any atom is -0.479 e. The van der Waals surface area contributed by atoms with Crippen molar-refractivity contribution in [1.29, 1.82) is 0 Å². The number of carbonyl (C=O) groups is 3. The second kappa shape index (κ2) is 13.7. The third-order valence-corrected chi connectivity index (χ3v) is 16.7. The van der Waals surface area contributed by atoms with Gasteiger partial charge in [-0.3, -0.25) is 4.79 Å². The predicted molar refractivity (Wildman–Crippen MR) is 190 cm³/mol. The first-order valence-electron chi connectivity index (χ1n) is 20.1. The number of aldehydes is 1. The van der Waals surface area contributed by atoms with Crippen LogP contribution in [0.3, 0.4) is 0 Å². The van der Waals surface area contributed by atoms with Crippen LogP contribution in [0.5, 0.6) is 0 Å². The molecule has 2 unspecified atom stereocenters. The summed E-state index contributed by atoms with van der Waals surface area (Å²) >= 11 is 0. The number of Topliss-reactive ketones (excluding diaryl/α,β-unsaturated/α-hetero) is 1. The third-order valence-electron chi connectivity index (χ3n) is 16.7. The van der Waals surface area contributed by atoms with Crippen molar-refractivity contribution in [1.82, 2.24) is 0 Å². The zero-order valence-corrected chi connectivity index (χ0v) is 32.2. The topological polar surface area (TPSA) is 189 Å². The van der Waals surface area contributed by atoms with Crippen LogP contribution in [0, 0.1) is 50.7 Å². The molecule has 0 amide bonds. The van der Waals surface area contributed by atoms with E-state index >= 15 is 0 Å². The van der Waals surface area contributed by atoms with Gasteiger partial charge in [-0.15, -0.1) is 0 Å². The smallest absolute Gasteiger partial charge is 0.335 e. The Morgan fingerprint density at radius 3 is 2.30 bits per heavy atom. The van der Waals surface area contributed by atoms with Gasteiger partial charge >= 0.3 is 5.97 Å². The molecule has 4 saturated carbocycles. The summed E-state index contributed by atoms with van der Waals surface area (Å²) in [6.07, 6.45) is 0.331. The van der Waals surface area contributed by atoms with E-state index in [2.05, 4.69) is 33.8 Å². The molecule has 12 nitrogen and oxygen atoms in total. The van der Waals surface area contributed by atoms with E-state index in [4.69, 9.17) is 18.9 Å². The van der Waals surface area contributed by atoms with Crippen LogP contribution in [-0.4, -0.2) is 105 Å². The summed E-state index contributed by atoms with van der Waals surface area (Å²) < 4.78 is 23.6. The zero-order chi connectivity index (χ0) is 38.5. The fourth-order valence-electron chi connectivity index (χ4n) is 13.3. The molecule has 0 aromatic heterocycles. The van der Waals surface area contributed by atoms with Gasteiger partial charge in [0.1, 0.15) is 36.5 Å². The van der Waals surface area contributed by atoms with Gasteiger partial charge in [0, 0.05) is 11.8 Å². The highest BCUT2D eigenvalue weighted by molar-refractivity contribution is 5.84. The second-order valence-electron chi connectivity index (χ2n) is 19.1. The molecule has 6 fully saturated rings. The number of hydrogen-bond acceptors (Lipinski definition) is 11. The van der Waals surface area contributed by atoms with Gasteiger partial charge in [0.05, 0.1) is 24.2 Å². The monoisotopic (exact) mass is 746 g/mol. The minimum atomic E-state index is -1.71. The molecule has 18 atom stereocenters. The lowest BCUT2D eigenvalue weighted by atomic mass is 9.33. The van der Waals surface area contributed by atoms with Crippen molar-refractivity contribution in [2.45, 2.75) is 167 Å². The molecule has 0 radical (unpaired) electrons. The molecule has 7 aliphatic rings. The van der Waals surface area contributed by atoms with Crippen molar-refractivity contribution < 1.29 is 58.9 Å². The Bertz CT molecular complexity index is 1480. The van der Waals surface area contributed by atoms with Crippen molar-refractivity contribution in [2.75, 3.05) is 6.61 Å². The van der Waals surface area contributed by atoms with Crippen LogP contribution in [0.1, 0.15) is 112 Å². The van der Waals surface area contributed by atoms with E-state index in [9.17, 15) is 39.9 Å². The predicted octanol–water partition coefficient (Wildman–Crippen LogP) is 3.94. The highest BCUT2D eigenvalue weighted by Crippen LogP contribution is 2.75. The molecule has 12 heteroatoms. The van der Waals surface area contributed by atoms with Crippen LogP contribution in [-0.2, 0) is 33.3 Å². The SMILES string of the molecule is CC(=O)[C@]12CC[C@H](C)C[C@H]1C1=CCC3[C@@]4(C)CC[C@H](O[C@H]5C[C@@H](O[C@@H]6OC[C@@H](O)[C@H](O)[C@H]6O)[C@H](O)[C@@H](C(=O)O)O5)[C@@](C)(C=O)C4CC[C@@]3(C)[C@]1(C)CC2. The fraction of sp³-hybridized carbons (Fsp3) is 0.878. The van der Waals surface area contributed by atoms with Gasteiger partial charge in [0.25, 0.3) is 0 Å². The summed E-state index contributed by atoms with van der Waals surface area (Å²) in [6, 6.07) is 0. The Hall–Kier alpha value is -1.77. The minimum absolute atomic E-state index is 0.00678. The average Bonchev–Trinajstić information content (AvgIpc) is 3.11. The summed E-state index contributed by atoms with van der Waals surface area (Å²) in [5.41, 5.74) is 0.117. The van der Waals surface area contributed by atoms with E-state index in [1.165, 1.54) is 5.57 Å². The number of carboxylic acid groups (broad SMARTS) is 1. The average molecular weight is 747 g/mol. The normalized spacial score (nSPS) is 53.9. The standard InChI is InChI=1S/C41H62O12/c1-21-9-14-41(22(2)43)16-15-39(5)23(24(41)17-21)7-8-28-37(3)12-11-29(38(4,20-42)27(37)10-13-40(28,39)6)52-30-18-26(32(46)34(53-30)35(48)49)51-36-33(47)31(45)25(44)19-50-36/h7,20-21,24-34,36,44-47H,8-19H2,1-6H3,(H,48,49)/t21-,24-,25+,26+,27?,28?,29-,30+,31-,32-,33+,34-,36-,37-,38-,39+,40+,41+/m0/s1. The maximum absolute atomic E-state index is 13.4. The first-order valence-corrected chi connectivity index (χ1v) is 20.1. The number of fused-ring (bicyclic) bond motifs is 7. The molecule has 0 aromatic carbocycles. The quantitative estimate of drug-likeness (QED) is 0.144. The van der Waals surface area contributed by atoms with E-state index in [1.807, 2.05) is 13.8 Å². The third kappa shape index (κ3) is 5.86. The first-order chi connectivity index (χ1) is 24.9. The Labute approximate surface area is 313 Å². The lowest BCUT2D eigenvalue weighted by Crippen LogP contribution is -2.66. The molecule has 298 valence electrons. The molecule has 2 aliphatic heterocycles. The molecule has 0 bridgehead atoms. The molecule has 53 heavy (non-hydrogen) atoms. The van der Waals surface area contributed by atoms with Crippen molar-refractivity contribution >= 4 is 18.0 Å². The summed E-state index contributed by atoms with van der Waals surface area (Å²) in [5, 5.41) is 51.4. The van der Waals surface area contributed by atoms with Gasteiger partial charge in [-0.2, -0.15) is 0 Å². The number of aliphatic hydroxyl groups excluding tert-OH is 4. The highest BCUT2D eigenvalue weighted by Gasteiger charge is 2.69. The Balaban J connectivity index is 1.13. The van der Waals surface area contributed by atoms with Gasteiger partial charge in [0.15, 0.2) is 18.7 Å². The molecule has 2 heterocycles. The highest BCUT2D eigenvalue weighted by atomic mass is 16.7. The molecular formula is C41H62O12. The van der Waals surface area contributed by atoms with Crippen LogP contribution in [0.25, 0.3) is 0 Å². The van der Waals surface area contributed by atoms with Crippen molar-refractivity contribution in [3.63, 3.8) is 0 Å². The number of allylic oxidation sites excluding steroid dienone is 2. The molecule has 5 N–H and O–H groups in total. The molecule has 2 saturated heterocycles. The van der Waals surface area contributed by atoms with E-state index in [0.29, 0.717) is 24.0 Å². The van der Waals surface area contributed by atoms with E-state index in [1.54, 1.807) is 0 Å². The Morgan fingerprint density at radius 2 is 1.62 bits per heavy atom. The van der Waals surface area contributed by atoms with Crippen LogP contribution >= 0.6 is 0 Å². The summed E-state index contributed by atoms with van der Waals surface area (Å²) in [4.78, 5) is 39.0. The molecule has 0 aromatic rings. The number of carboxylic acids is 1. The molecule has 5 aliphatic carbocycles. The fourth-order valence-corrected chi connectivity index (χ4v) is 13.3. The van der Waals surface area contributed by atoms with Crippen LogP contribution in [0.2, 0.25) is 0 Å². The maximum Gasteiger partial charge on any atom is 0.335 e. The van der Waals surface area contributed by atoms with Crippen LogP contribution < -0.4 is 0 Å². The summed E-state index contributed by atoms with van der Waals surface area (Å²) in [5.74, 6) is 0.118. The van der Waals surface area contributed by atoms with Gasteiger partial charge in [-0.05, 0) is 111 Å². The van der Waals surface area contributed by atoms with Crippen LogP contribution in [0.4, 0.5) is 0 Å². The van der Waals surface area contributed by atoms with Crippen LogP contribution in [0.15, 0.2) is 11.6 Å². The lowest BCUT2D eigenvalue weighted by molar-refractivity contribution is -0.328. The van der Waals surface area contributed by atoms with Gasteiger partial charge in [0.2, 0.25) is 0 Å². The van der Waals surface area contributed by atoms with E-state index in [-0.39, 0.29) is 46.5 Å². The van der Waals surface area contributed by atoms with E-state index in [0.717, 1.165) is 64.1 Å². The number of rotatable bonds is 7. The number of aliphatic carboxylic acids is 1. The van der Waals surface area contributed by atoms with Crippen molar-refractivity contribution in [3.8, 4) is 0 Å². The second-order valence-corrected chi connectivity index (χ2v) is 19.1. The van der Waals surface area contributed by atoms with Crippen molar-refractivity contribution in [2.24, 2.45) is 50.7 Å². The Morgan fingerprint density at radius 1 is 0.887 bits per heavy atom. The van der Waals surface area contributed by atoms with Gasteiger partial charge in [-0.1, -0.05) is 46.3 Å². The van der Waals surface area contributed by atoms with Gasteiger partial charge in [-0.25, -0.2) is 4.79 Å².